The molecule has 152 valence electrons. The first kappa shape index (κ1) is 21.7. The van der Waals surface area contributed by atoms with Gasteiger partial charge in [-0.3, -0.25) is 4.98 Å². The van der Waals surface area contributed by atoms with Crippen molar-refractivity contribution in [2.75, 3.05) is 26.9 Å². The van der Waals surface area contributed by atoms with Crippen molar-refractivity contribution in [3.63, 3.8) is 0 Å². The third kappa shape index (κ3) is 7.19. The van der Waals surface area contributed by atoms with Gasteiger partial charge in [0.15, 0.2) is 5.96 Å². The van der Waals surface area contributed by atoms with Crippen molar-refractivity contribution >= 4 is 5.96 Å². The molecule has 1 aromatic carbocycles. The van der Waals surface area contributed by atoms with Gasteiger partial charge in [-0.1, -0.05) is 18.2 Å². The lowest BCUT2D eigenvalue weighted by atomic mass is 10.1. The predicted molar refractivity (Wildman–Crippen MR) is 114 cm³/mol. The number of ether oxygens (including phenoxy) is 2. The van der Waals surface area contributed by atoms with E-state index in [0.29, 0.717) is 26.3 Å². The monoisotopic (exact) mass is 384 g/mol. The van der Waals surface area contributed by atoms with E-state index in [9.17, 15) is 0 Å². The zero-order chi connectivity index (χ0) is 20.2. The van der Waals surface area contributed by atoms with Crippen molar-refractivity contribution in [2.24, 2.45) is 4.99 Å². The van der Waals surface area contributed by atoms with Crippen LogP contribution in [0.4, 0.5) is 0 Å². The fourth-order valence-corrected chi connectivity index (χ4v) is 2.69. The number of hydrogen-bond acceptors (Lipinski definition) is 4. The lowest BCUT2D eigenvalue weighted by molar-refractivity contribution is 0.172. The quantitative estimate of drug-likeness (QED) is 0.373. The highest BCUT2D eigenvalue weighted by molar-refractivity contribution is 5.79. The maximum atomic E-state index is 5.96. The van der Waals surface area contributed by atoms with Crippen LogP contribution in [-0.4, -0.2) is 37.8 Å². The molecular formula is C22H32N4O2. The maximum Gasteiger partial charge on any atom is 0.191 e. The summed E-state index contributed by atoms with van der Waals surface area (Å²) in [5.41, 5.74) is 4.42. The molecule has 1 heterocycles. The molecule has 0 aliphatic carbocycles. The number of guanidine groups is 1. The van der Waals surface area contributed by atoms with Crippen LogP contribution in [0.3, 0.4) is 0 Å². The Kier molecular flexibility index (Phi) is 9.28. The number of nitrogens with one attached hydrogen (secondary N) is 2. The zero-order valence-electron chi connectivity index (χ0n) is 17.4. The summed E-state index contributed by atoms with van der Waals surface area (Å²) in [5.74, 6) is 1.65. The van der Waals surface area contributed by atoms with Crippen molar-refractivity contribution in [2.45, 2.75) is 40.3 Å². The van der Waals surface area contributed by atoms with Crippen LogP contribution in [0.15, 0.2) is 41.5 Å². The van der Waals surface area contributed by atoms with Gasteiger partial charge in [0.05, 0.1) is 25.4 Å². The second-order valence-electron chi connectivity index (χ2n) is 6.62. The van der Waals surface area contributed by atoms with Crippen LogP contribution in [0, 0.1) is 13.8 Å². The Balaban J connectivity index is 2.03. The number of aromatic nitrogens is 1. The Morgan fingerprint density at radius 2 is 2.00 bits per heavy atom. The van der Waals surface area contributed by atoms with E-state index in [1.54, 1.807) is 7.11 Å². The van der Waals surface area contributed by atoms with Gasteiger partial charge in [-0.05, 0) is 44.0 Å². The van der Waals surface area contributed by atoms with E-state index in [2.05, 4.69) is 60.7 Å². The number of methoxy groups -OCH3 is 1. The fourth-order valence-electron chi connectivity index (χ4n) is 2.69. The second-order valence-corrected chi connectivity index (χ2v) is 6.62. The summed E-state index contributed by atoms with van der Waals surface area (Å²) in [7, 11) is 1.70. The van der Waals surface area contributed by atoms with Crippen molar-refractivity contribution in [1.82, 2.24) is 15.6 Å². The fraction of sp³-hybridized carbons (Fsp3) is 0.455. The minimum atomic E-state index is 0.538. The minimum absolute atomic E-state index is 0.538. The summed E-state index contributed by atoms with van der Waals surface area (Å²) in [6.45, 7) is 9.47. The third-order valence-electron chi connectivity index (χ3n) is 4.27. The van der Waals surface area contributed by atoms with Crippen molar-refractivity contribution in [1.29, 1.82) is 0 Å². The van der Waals surface area contributed by atoms with Gasteiger partial charge in [0, 0.05) is 38.4 Å². The normalized spacial score (nSPS) is 11.4. The molecule has 2 aromatic rings. The van der Waals surface area contributed by atoms with Crippen LogP contribution >= 0.6 is 0 Å². The van der Waals surface area contributed by atoms with Gasteiger partial charge in [-0.15, -0.1) is 0 Å². The Labute approximate surface area is 168 Å². The van der Waals surface area contributed by atoms with Crippen molar-refractivity contribution < 1.29 is 9.47 Å². The average molecular weight is 385 g/mol. The first-order valence-corrected chi connectivity index (χ1v) is 9.78. The molecule has 0 aliphatic rings. The van der Waals surface area contributed by atoms with Crippen molar-refractivity contribution in [3.05, 3.63) is 58.9 Å². The molecule has 0 fully saturated rings. The lowest BCUT2D eigenvalue weighted by Gasteiger charge is -2.14. The van der Waals surface area contributed by atoms with Gasteiger partial charge in [0.25, 0.3) is 0 Å². The largest absolute Gasteiger partial charge is 0.493 e. The predicted octanol–water partition coefficient (Wildman–Crippen LogP) is 3.37. The number of rotatable bonds is 10. The SMILES string of the molecule is CCNC(=NCc1ccc(C)cc1OCCCOC)NCc1ncccc1C. The Morgan fingerprint density at radius 3 is 2.75 bits per heavy atom. The number of nitrogens with zero attached hydrogens (tertiary/aromatic N) is 2. The van der Waals surface area contributed by atoms with E-state index in [1.807, 2.05) is 12.3 Å². The molecule has 2 rings (SSSR count). The summed E-state index contributed by atoms with van der Waals surface area (Å²) in [4.78, 5) is 9.15. The second kappa shape index (κ2) is 12.0. The van der Waals surface area contributed by atoms with Gasteiger partial charge in [0.2, 0.25) is 0 Å². The average Bonchev–Trinajstić information content (AvgIpc) is 2.69. The summed E-state index contributed by atoms with van der Waals surface area (Å²) >= 11 is 0. The van der Waals surface area contributed by atoms with Crippen molar-refractivity contribution in [3.8, 4) is 5.75 Å². The van der Waals surface area contributed by atoms with E-state index in [4.69, 9.17) is 14.5 Å². The Morgan fingerprint density at radius 1 is 1.14 bits per heavy atom. The highest BCUT2D eigenvalue weighted by Gasteiger charge is 2.06. The van der Waals surface area contributed by atoms with Gasteiger partial charge in [0.1, 0.15) is 5.75 Å². The molecule has 0 radical (unpaired) electrons. The smallest absolute Gasteiger partial charge is 0.191 e. The summed E-state index contributed by atoms with van der Waals surface area (Å²) in [5, 5.41) is 6.64. The molecule has 2 N–H and O–H groups in total. The molecule has 6 heteroatoms. The molecule has 0 unspecified atom stereocenters. The van der Waals surface area contributed by atoms with Crippen LogP contribution in [0.25, 0.3) is 0 Å². The van der Waals surface area contributed by atoms with Gasteiger partial charge in [-0.25, -0.2) is 4.99 Å². The molecule has 0 atom stereocenters. The first-order chi connectivity index (χ1) is 13.6. The van der Waals surface area contributed by atoms with Crippen LogP contribution in [0.2, 0.25) is 0 Å². The topological polar surface area (TPSA) is 67.8 Å². The molecule has 0 amide bonds. The summed E-state index contributed by atoms with van der Waals surface area (Å²) in [6, 6.07) is 10.2. The molecule has 0 saturated heterocycles. The molecule has 0 saturated carbocycles. The molecular weight excluding hydrogens is 352 g/mol. The zero-order valence-corrected chi connectivity index (χ0v) is 17.4. The number of benzene rings is 1. The molecule has 6 nitrogen and oxygen atoms in total. The number of hydrogen-bond donors (Lipinski definition) is 2. The number of aryl methyl sites for hydroxylation is 2. The highest BCUT2D eigenvalue weighted by atomic mass is 16.5. The first-order valence-electron chi connectivity index (χ1n) is 9.78. The standard InChI is InChI=1S/C22H32N4O2/c1-5-23-22(26-16-20-18(3)8-6-11-24-20)25-15-19-10-9-17(2)14-21(19)28-13-7-12-27-4/h6,8-11,14H,5,7,12-13,15-16H2,1-4H3,(H2,23,25,26). The minimum Gasteiger partial charge on any atom is -0.493 e. The van der Waals surface area contributed by atoms with Crippen LogP contribution in [0.5, 0.6) is 5.75 Å². The van der Waals surface area contributed by atoms with Crippen LogP contribution in [-0.2, 0) is 17.8 Å². The molecule has 1 aromatic heterocycles. The molecule has 0 spiro atoms. The molecule has 0 bridgehead atoms. The number of pyridine rings is 1. The maximum absolute atomic E-state index is 5.96. The van der Waals surface area contributed by atoms with Crippen LogP contribution < -0.4 is 15.4 Å². The van der Waals surface area contributed by atoms with E-state index in [1.165, 1.54) is 5.56 Å². The Hall–Kier alpha value is -2.60. The van der Waals surface area contributed by atoms with Crippen LogP contribution in [0.1, 0.15) is 35.7 Å². The third-order valence-corrected chi connectivity index (χ3v) is 4.27. The van der Waals surface area contributed by atoms with Gasteiger partial charge < -0.3 is 20.1 Å². The van der Waals surface area contributed by atoms with E-state index in [-0.39, 0.29) is 0 Å². The Bertz CT molecular complexity index is 762. The molecule has 0 aliphatic heterocycles. The summed E-state index contributed by atoms with van der Waals surface area (Å²) < 4.78 is 11.0. The van der Waals surface area contributed by atoms with E-state index < -0.39 is 0 Å². The van der Waals surface area contributed by atoms with E-state index >= 15 is 0 Å². The van der Waals surface area contributed by atoms with E-state index in [0.717, 1.165) is 41.5 Å². The van der Waals surface area contributed by atoms with Gasteiger partial charge >= 0.3 is 0 Å². The highest BCUT2D eigenvalue weighted by Crippen LogP contribution is 2.21. The number of aliphatic imine (C=N–C) groups is 1. The lowest BCUT2D eigenvalue weighted by Crippen LogP contribution is -2.37. The molecule has 28 heavy (non-hydrogen) atoms. The summed E-state index contributed by atoms with van der Waals surface area (Å²) in [6.07, 6.45) is 2.67. The van der Waals surface area contributed by atoms with Gasteiger partial charge in [-0.2, -0.15) is 0 Å².